The second kappa shape index (κ2) is 19.8. The van der Waals surface area contributed by atoms with Gasteiger partial charge < -0.3 is 42.0 Å². The monoisotopic (exact) mass is 714 g/mol. The number of nitrogens with zero attached hydrogens (tertiary/aromatic N) is 8. The first-order valence-electron chi connectivity index (χ1n) is 13.1. The van der Waals surface area contributed by atoms with Gasteiger partial charge in [-0.05, 0) is 36.4 Å². The van der Waals surface area contributed by atoms with Crippen LogP contribution in [-0.4, -0.2) is 47.1 Å². The van der Waals surface area contributed by atoms with Gasteiger partial charge in [-0.25, -0.2) is 0 Å². The van der Waals surface area contributed by atoms with Crippen molar-refractivity contribution in [3.05, 3.63) is 107 Å². The number of azo groups is 2. The molecule has 0 aromatic heterocycles. The summed E-state index contributed by atoms with van der Waals surface area (Å²) in [5.41, 5.74) is 21.0. The molecule has 0 aliphatic carbocycles. The topological polar surface area (TPSA) is 219 Å². The van der Waals surface area contributed by atoms with Gasteiger partial charge in [0, 0.05) is 34.8 Å². The summed E-state index contributed by atoms with van der Waals surface area (Å²) in [6.07, 6.45) is 2.73. The molecule has 0 heterocycles. The summed E-state index contributed by atoms with van der Waals surface area (Å²) in [6.45, 7) is 0. The van der Waals surface area contributed by atoms with E-state index in [9.17, 15) is 0 Å². The molecule has 4 aromatic carbocycles. The Labute approximate surface area is 291 Å². The molecule has 0 saturated heterocycles. The molecule has 14 nitrogen and oxygen atoms in total. The van der Waals surface area contributed by atoms with Crippen molar-refractivity contribution >= 4 is 69.8 Å². The average molecular weight is 715 g/mol. The van der Waals surface area contributed by atoms with Crippen LogP contribution in [-0.2, 0) is 17.1 Å². The summed E-state index contributed by atoms with van der Waals surface area (Å²) in [7, 11) is 2.96. The van der Waals surface area contributed by atoms with Gasteiger partial charge in [-0.3, -0.25) is 10.2 Å². The molecule has 240 valence electrons. The minimum Gasteiger partial charge on any atom is -0.590 e. The number of methoxy groups -OCH3 is 2. The number of hydrogen-bond donors (Lipinski definition) is 2. The Balaban J connectivity index is 0.000000320. The first-order valence-corrected chi connectivity index (χ1v) is 13.9. The first-order chi connectivity index (χ1) is 22.2. The Kier molecular flexibility index (Phi) is 15.9. The van der Waals surface area contributed by atoms with E-state index in [1.54, 1.807) is 24.3 Å². The summed E-state index contributed by atoms with van der Waals surface area (Å²) in [6, 6.07) is 25.2. The molecule has 0 amide bonds. The molecule has 0 spiro atoms. The van der Waals surface area contributed by atoms with Gasteiger partial charge in [0.05, 0.1) is 48.1 Å². The molecule has 4 aromatic rings. The first kappa shape index (κ1) is 37.7. The van der Waals surface area contributed by atoms with E-state index in [0.29, 0.717) is 34.0 Å². The fourth-order valence-corrected chi connectivity index (χ4v) is 3.50. The summed E-state index contributed by atoms with van der Waals surface area (Å²) in [5.74, 6) is 1.03. The molecular weight excluding hydrogens is 684 g/mol. The largest absolute Gasteiger partial charge is 4.00 e. The van der Waals surface area contributed by atoms with Crippen LogP contribution in [0.15, 0.2) is 116 Å². The van der Waals surface area contributed by atoms with E-state index < -0.39 is 0 Å². The second-order valence-corrected chi connectivity index (χ2v) is 9.50. The Morgan fingerprint density at radius 3 is 1.28 bits per heavy atom. The molecule has 17 heteroatoms. The Hall–Kier alpha value is -5.48. The van der Waals surface area contributed by atoms with Crippen molar-refractivity contribution in [1.29, 1.82) is 0 Å². The van der Waals surface area contributed by atoms with Gasteiger partial charge in [0.15, 0.2) is 0 Å². The molecule has 0 aliphatic rings. The SMILES string of the molecule is COc1cc(N=Nc2ccccc2)cc(C=N[N-]C(N)=S)c1[OH2+].COc1cc(N=Nc2ccccc2)cc(C=N[N-]C(N)=S)c1[OH2+].[Fe+4]. The van der Waals surface area contributed by atoms with Crippen LogP contribution in [0.2, 0.25) is 0 Å². The molecule has 0 atom stereocenters. The predicted molar refractivity (Wildman–Crippen MR) is 189 cm³/mol. The van der Waals surface area contributed by atoms with Crippen molar-refractivity contribution in [2.24, 2.45) is 42.1 Å². The van der Waals surface area contributed by atoms with Crippen molar-refractivity contribution in [2.75, 3.05) is 14.2 Å². The summed E-state index contributed by atoms with van der Waals surface area (Å²) < 4.78 is 10.3. The minimum atomic E-state index is -0.0836. The van der Waals surface area contributed by atoms with Crippen molar-refractivity contribution in [3.8, 4) is 23.0 Å². The zero-order chi connectivity index (χ0) is 33.3. The van der Waals surface area contributed by atoms with E-state index in [2.05, 4.69) is 65.9 Å². The van der Waals surface area contributed by atoms with Crippen LogP contribution in [0.3, 0.4) is 0 Å². The number of ether oxygens (including phenoxy) is 2. The summed E-state index contributed by atoms with van der Waals surface area (Å²) >= 11 is 9.21. The molecule has 0 bridgehead atoms. The van der Waals surface area contributed by atoms with E-state index in [4.69, 9.17) is 31.2 Å². The van der Waals surface area contributed by atoms with Crippen molar-refractivity contribution in [1.82, 2.24) is 0 Å². The van der Waals surface area contributed by atoms with Crippen molar-refractivity contribution in [3.63, 3.8) is 0 Å². The van der Waals surface area contributed by atoms with E-state index in [0.717, 1.165) is 11.4 Å². The molecule has 0 aliphatic heterocycles. The third-order valence-corrected chi connectivity index (χ3v) is 5.62. The normalized spacial score (nSPS) is 10.8. The Morgan fingerprint density at radius 2 is 0.957 bits per heavy atom. The quantitative estimate of drug-likeness (QED) is 0.0440. The van der Waals surface area contributed by atoms with Gasteiger partial charge in [-0.15, -0.1) is 0 Å². The second-order valence-electron chi connectivity index (χ2n) is 8.66. The fraction of sp³-hybridized carbons (Fsp3) is 0.0667. The van der Waals surface area contributed by atoms with E-state index in [-0.39, 0.29) is 38.8 Å². The van der Waals surface area contributed by atoms with Gasteiger partial charge in [-0.1, -0.05) is 60.8 Å². The zero-order valence-corrected chi connectivity index (χ0v) is 27.7. The molecule has 47 heavy (non-hydrogen) atoms. The number of thiocarbonyl (C=S) groups is 2. The van der Waals surface area contributed by atoms with Crippen LogP contribution in [0.25, 0.3) is 10.9 Å². The number of benzene rings is 4. The van der Waals surface area contributed by atoms with Crippen LogP contribution >= 0.6 is 24.4 Å². The summed E-state index contributed by atoms with van der Waals surface area (Å²) in [5, 5.41) is 39.9. The molecule has 0 fully saturated rings. The van der Waals surface area contributed by atoms with Gasteiger partial charge in [0.2, 0.25) is 11.5 Å². The van der Waals surface area contributed by atoms with Crippen LogP contribution in [0, 0.1) is 0 Å². The third-order valence-electron chi connectivity index (χ3n) is 5.46. The number of hydrogen-bond acceptors (Lipinski definition) is 10. The van der Waals surface area contributed by atoms with Crippen molar-refractivity contribution < 1.29 is 36.8 Å². The number of rotatable bonds is 10. The van der Waals surface area contributed by atoms with Crippen LogP contribution < -0.4 is 20.9 Å². The molecule has 8 N–H and O–H groups in total. The third kappa shape index (κ3) is 12.8. The van der Waals surface area contributed by atoms with Gasteiger partial charge in [0.1, 0.15) is 0 Å². The standard InChI is InChI=1S/2C15H15N5O2S.Fe/c2*1-22-13-8-12(19-18-11-5-3-2-4-6-11)7-10(14(13)21)9-17-20-15(16)23;/h2*2-9H,1H3,(H4,16,17,18,19,20,21,23);/q;;+4. The van der Waals surface area contributed by atoms with Gasteiger partial charge >= 0.3 is 28.6 Å². The van der Waals surface area contributed by atoms with Gasteiger partial charge in [-0.2, -0.15) is 20.5 Å². The zero-order valence-electron chi connectivity index (χ0n) is 25.0. The van der Waals surface area contributed by atoms with E-state index in [1.807, 2.05) is 60.7 Å². The molecule has 0 saturated carbocycles. The predicted octanol–water partition coefficient (Wildman–Crippen LogP) is 7.00. The smallest absolute Gasteiger partial charge is 0.590 e. The molecule has 0 unspecified atom stereocenters. The van der Waals surface area contributed by atoms with Gasteiger partial charge in [0.25, 0.3) is 0 Å². The van der Waals surface area contributed by atoms with Crippen LogP contribution in [0.5, 0.6) is 23.0 Å². The molecule has 4 rings (SSSR count). The summed E-state index contributed by atoms with van der Waals surface area (Å²) in [4.78, 5) is 0. The number of nitrogens with two attached hydrogens (primary N) is 2. The van der Waals surface area contributed by atoms with Crippen LogP contribution in [0.4, 0.5) is 22.7 Å². The van der Waals surface area contributed by atoms with E-state index >= 15 is 0 Å². The maximum Gasteiger partial charge on any atom is 4.00 e. The van der Waals surface area contributed by atoms with E-state index in [1.165, 1.54) is 26.6 Å². The van der Waals surface area contributed by atoms with Crippen LogP contribution in [0.1, 0.15) is 11.1 Å². The molecule has 0 radical (unpaired) electrons. The Morgan fingerprint density at radius 1 is 0.617 bits per heavy atom. The Bertz CT molecular complexity index is 1630. The maximum absolute atomic E-state index is 8.03. The average Bonchev–Trinajstić information content (AvgIpc) is 3.06. The fourth-order valence-electron chi connectivity index (χ4n) is 3.40. The minimum absolute atomic E-state index is 0. The maximum atomic E-state index is 8.03. The molecular formula is C30H30FeN10O4S2+4. The van der Waals surface area contributed by atoms with Crippen molar-refractivity contribution in [2.45, 2.75) is 0 Å².